The molecule has 6 heteroatoms. The second-order valence-electron chi connectivity index (χ2n) is 5.56. The Hall–Kier alpha value is -1.69. The number of anilines is 1. The maximum Gasteiger partial charge on any atom is 0.258 e. The van der Waals surface area contributed by atoms with Gasteiger partial charge in [0.15, 0.2) is 5.01 Å². The van der Waals surface area contributed by atoms with E-state index in [1.807, 2.05) is 6.07 Å². The Morgan fingerprint density at radius 3 is 3.05 bits per heavy atom. The first-order valence-corrected chi connectivity index (χ1v) is 7.78. The molecule has 3 rings (SSSR count). The second-order valence-corrected chi connectivity index (χ2v) is 6.53. The fourth-order valence-electron chi connectivity index (χ4n) is 2.37. The minimum absolute atomic E-state index is 0.0581. The van der Waals surface area contributed by atoms with Crippen LogP contribution < -0.4 is 10.9 Å². The van der Waals surface area contributed by atoms with E-state index in [1.165, 1.54) is 16.9 Å². The first kappa shape index (κ1) is 13.3. The first-order valence-electron chi connectivity index (χ1n) is 6.96. The molecule has 0 saturated heterocycles. The van der Waals surface area contributed by atoms with E-state index in [0.29, 0.717) is 16.5 Å². The molecule has 5 nitrogen and oxygen atoms in total. The summed E-state index contributed by atoms with van der Waals surface area (Å²) in [6.45, 7) is 5.13. The van der Waals surface area contributed by atoms with Crippen molar-refractivity contribution in [2.45, 2.75) is 33.1 Å². The van der Waals surface area contributed by atoms with Crippen molar-refractivity contribution >= 4 is 16.5 Å². The van der Waals surface area contributed by atoms with Crippen LogP contribution in [0.5, 0.6) is 0 Å². The van der Waals surface area contributed by atoms with Gasteiger partial charge in [0.1, 0.15) is 0 Å². The molecule has 1 aliphatic carbocycles. The van der Waals surface area contributed by atoms with Crippen molar-refractivity contribution in [3.8, 4) is 10.6 Å². The molecule has 0 aliphatic heterocycles. The number of aryl methyl sites for hydroxylation is 2. The highest BCUT2D eigenvalue weighted by Gasteiger charge is 2.17. The number of rotatable bonds is 4. The summed E-state index contributed by atoms with van der Waals surface area (Å²) in [6, 6.07) is 1.98. The number of fused-ring (bicyclic) bond motifs is 1. The standard InChI is InChI=1S/C14H18N4OS/c1-8(2)7-15-14-18-17-13(20-14)10-6-9-4-3-5-11(9)16-12(10)19/h6,8H,3-5,7H2,1-2H3,(H,15,18)(H,16,19). The van der Waals surface area contributed by atoms with Crippen LogP contribution in [0.4, 0.5) is 5.13 Å². The SMILES string of the molecule is CC(C)CNc1nnc(-c2cc3c([nH]c2=O)CCC3)s1. The third-order valence-corrected chi connectivity index (χ3v) is 4.32. The van der Waals surface area contributed by atoms with E-state index in [-0.39, 0.29) is 5.56 Å². The number of nitrogens with one attached hydrogen (secondary N) is 2. The molecule has 2 N–H and O–H groups in total. The molecule has 0 bridgehead atoms. The maximum absolute atomic E-state index is 12.1. The van der Waals surface area contributed by atoms with Gasteiger partial charge in [-0.15, -0.1) is 10.2 Å². The third-order valence-electron chi connectivity index (χ3n) is 3.41. The Morgan fingerprint density at radius 1 is 1.40 bits per heavy atom. The van der Waals surface area contributed by atoms with Crippen LogP contribution in [-0.4, -0.2) is 21.7 Å². The molecule has 0 saturated carbocycles. The molecule has 106 valence electrons. The maximum atomic E-state index is 12.1. The number of H-pyrrole nitrogens is 1. The zero-order valence-electron chi connectivity index (χ0n) is 11.7. The largest absolute Gasteiger partial charge is 0.360 e. The van der Waals surface area contributed by atoms with Crippen LogP contribution in [0.15, 0.2) is 10.9 Å². The van der Waals surface area contributed by atoms with Gasteiger partial charge in [-0.1, -0.05) is 25.2 Å². The average molecular weight is 290 g/mol. The summed E-state index contributed by atoms with van der Waals surface area (Å²) >= 11 is 1.43. The Morgan fingerprint density at radius 2 is 2.25 bits per heavy atom. The molecule has 2 aromatic rings. The molecule has 0 aromatic carbocycles. The van der Waals surface area contributed by atoms with Crippen LogP contribution in [0.2, 0.25) is 0 Å². The summed E-state index contributed by atoms with van der Waals surface area (Å²) in [7, 11) is 0. The number of aromatic nitrogens is 3. The zero-order valence-corrected chi connectivity index (χ0v) is 12.5. The van der Waals surface area contributed by atoms with Gasteiger partial charge in [-0.3, -0.25) is 4.79 Å². The van der Waals surface area contributed by atoms with Gasteiger partial charge < -0.3 is 10.3 Å². The summed E-state index contributed by atoms with van der Waals surface area (Å²) in [5, 5.41) is 12.9. The van der Waals surface area contributed by atoms with Gasteiger partial charge in [0, 0.05) is 12.2 Å². The molecule has 2 heterocycles. The van der Waals surface area contributed by atoms with Crippen LogP contribution in [-0.2, 0) is 12.8 Å². The second kappa shape index (κ2) is 5.36. The molecule has 0 amide bonds. The van der Waals surface area contributed by atoms with Gasteiger partial charge in [0.25, 0.3) is 5.56 Å². The molecule has 0 spiro atoms. The van der Waals surface area contributed by atoms with Gasteiger partial charge in [-0.05, 0) is 36.8 Å². The number of hydrogen-bond acceptors (Lipinski definition) is 5. The van der Waals surface area contributed by atoms with Crippen LogP contribution in [0.25, 0.3) is 10.6 Å². The monoisotopic (exact) mass is 290 g/mol. The highest BCUT2D eigenvalue weighted by Crippen LogP contribution is 2.27. The lowest BCUT2D eigenvalue weighted by molar-refractivity contribution is 0.687. The van der Waals surface area contributed by atoms with Gasteiger partial charge in [0.05, 0.1) is 5.56 Å². The van der Waals surface area contributed by atoms with Crippen LogP contribution in [0, 0.1) is 5.92 Å². The van der Waals surface area contributed by atoms with Crippen molar-refractivity contribution < 1.29 is 0 Å². The van der Waals surface area contributed by atoms with E-state index in [2.05, 4.69) is 34.3 Å². The lowest BCUT2D eigenvalue weighted by Gasteiger charge is -2.03. The van der Waals surface area contributed by atoms with Crippen molar-refractivity contribution in [3.05, 3.63) is 27.7 Å². The minimum atomic E-state index is -0.0581. The summed E-state index contributed by atoms with van der Waals surface area (Å²) in [5.41, 5.74) is 2.91. The Bertz CT molecular complexity index is 674. The van der Waals surface area contributed by atoms with E-state index >= 15 is 0 Å². The first-order chi connectivity index (χ1) is 9.63. The summed E-state index contributed by atoms with van der Waals surface area (Å²) < 4.78 is 0. The van der Waals surface area contributed by atoms with E-state index in [0.717, 1.165) is 36.6 Å². The quantitative estimate of drug-likeness (QED) is 0.907. The Labute approximate surface area is 121 Å². The lowest BCUT2D eigenvalue weighted by atomic mass is 10.1. The molecule has 2 aromatic heterocycles. The van der Waals surface area contributed by atoms with Crippen molar-refractivity contribution in [1.29, 1.82) is 0 Å². The van der Waals surface area contributed by atoms with Gasteiger partial charge in [0.2, 0.25) is 5.13 Å². The molecule has 0 fully saturated rings. The van der Waals surface area contributed by atoms with Gasteiger partial charge >= 0.3 is 0 Å². The summed E-state index contributed by atoms with van der Waals surface area (Å²) in [5.74, 6) is 0.547. The molecule has 0 radical (unpaired) electrons. The lowest BCUT2D eigenvalue weighted by Crippen LogP contribution is -2.11. The number of nitrogens with zero attached hydrogens (tertiary/aromatic N) is 2. The van der Waals surface area contributed by atoms with E-state index < -0.39 is 0 Å². The molecular weight excluding hydrogens is 272 g/mol. The van der Waals surface area contributed by atoms with Gasteiger partial charge in [-0.2, -0.15) is 0 Å². The number of aromatic amines is 1. The predicted molar refractivity (Wildman–Crippen MR) is 81.3 cm³/mol. The van der Waals surface area contributed by atoms with Crippen LogP contribution in [0.3, 0.4) is 0 Å². The highest BCUT2D eigenvalue weighted by atomic mass is 32.1. The topological polar surface area (TPSA) is 70.7 Å². The Kier molecular flexibility index (Phi) is 3.56. The molecule has 0 unspecified atom stereocenters. The fraction of sp³-hybridized carbons (Fsp3) is 0.500. The van der Waals surface area contributed by atoms with Crippen molar-refractivity contribution in [2.75, 3.05) is 11.9 Å². The van der Waals surface area contributed by atoms with Crippen LogP contribution >= 0.6 is 11.3 Å². The molecular formula is C14H18N4OS. The number of hydrogen-bond donors (Lipinski definition) is 2. The number of pyridine rings is 1. The highest BCUT2D eigenvalue weighted by molar-refractivity contribution is 7.18. The van der Waals surface area contributed by atoms with Crippen molar-refractivity contribution in [1.82, 2.24) is 15.2 Å². The Balaban J connectivity index is 1.88. The summed E-state index contributed by atoms with van der Waals surface area (Å²) in [4.78, 5) is 15.1. The van der Waals surface area contributed by atoms with E-state index in [9.17, 15) is 4.79 Å². The average Bonchev–Trinajstić information content (AvgIpc) is 3.03. The van der Waals surface area contributed by atoms with Crippen LogP contribution in [0.1, 0.15) is 31.5 Å². The zero-order chi connectivity index (χ0) is 14.1. The normalized spacial score (nSPS) is 13.8. The van der Waals surface area contributed by atoms with Gasteiger partial charge in [-0.25, -0.2) is 0 Å². The van der Waals surface area contributed by atoms with Crippen molar-refractivity contribution in [3.63, 3.8) is 0 Å². The third kappa shape index (κ3) is 2.60. The smallest absolute Gasteiger partial charge is 0.258 e. The molecule has 1 aliphatic rings. The minimum Gasteiger partial charge on any atom is -0.360 e. The molecule has 0 atom stereocenters. The predicted octanol–water partition coefficient (Wildman–Crippen LogP) is 2.45. The molecule has 20 heavy (non-hydrogen) atoms. The summed E-state index contributed by atoms with van der Waals surface area (Å²) in [6.07, 6.45) is 3.13. The van der Waals surface area contributed by atoms with Crippen molar-refractivity contribution in [2.24, 2.45) is 5.92 Å². The van der Waals surface area contributed by atoms with E-state index in [4.69, 9.17) is 0 Å². The fourth-order valence-corrected chi connectivity index (χ4v) is 3.13. The van der Waals surface area contributed by atoms with E-state index in [1.54, 1.807) is 0 Å².